The first-order chi connectivity index (χ1) is 11.3. The van der Waals surface area contributed by atoms with Crippen LogP contribution < -0.4 is 0 Å². The smallest absolute Gasteiger partial charge is 0.329 e. The van der Waals surface area contributed by atoms with Gasteiger partial charge in [0.05, 0.1) is 26.4 Å². The maximum absolute atomic E-state index is 10.5. The summed E-state index contributed by atoms with van der Waals surface area (Å²) in [5.74, 6) is -3.50. The standard InChI is InChI=1S/C13H22O11/c1-20-2-9(3-21-6-11(14)15)23-5-10(24-8-13(18)19)4-22-7-12(16)17/h9-10H,2-8H2,1H3,(H,14,15)(H,16,17)(H,18,19). The SMILES string of the molecule is COCC(COCC(=O)O)OCC(COCC(=O)O)OCC(=O)O. The second kappa shape index (κ2) is 13.6. The summed E-state index contributed by atoms with van der Waals surface area (Å²) in [5, 5.41) is 25.6. The highest BCUT2D eigenvalue weighted by Gasteiger charge is 2.17. The number of hydrogen-bond acceptors (Lipinski definition) is 8. The van der Waals surface area contributed by atoms with Gasteiger partial charge in [-0.3, -0.25) is 0 Å². The van der Waals surface area contributed by atoms with E-state index < -0.39 is 49.9 Å². The van der Waals surface area contributed by atoms with Gasteiger partial charge in [0.25, 0.3) is 0 Å². The number of hydrogen-bond donors (Lipinski definition) is 3. The molecule has 11 heteroatoms. The molecule has 0 radical (unpaired) electrons. The van der Waals surface area contributed by atoms with Gasteiger partial charge in [-0.15, -0.1) is 0 Å². The molecule has 0 saturated carbocycles. The minimum absolute atomic E-state index is 0.0538. The molecule has 0 aromatic carbocycles. The molecule has 0 aromatic heterocycles. The lowest BCUT2D eigenvalue weighted by atomic mass is 10.3. The van der Waals surface area contributed by atoms with Crippen LogP contribution in [0.2, 0.25) is 0 Å². The summed E-state index contributed by atoms with van der Waals surface area (Å²) in [5.41, 5.74) is 0. The molecular weight excluding hydrogens is 332 g/mol. The maximum atomic E-state index is 10.5. The average molecular weight is 354 g/mol. The molecule has 0 spiro atoms. The van der Waals surface area contributed by atoms with Crippen LogP contribution in [-0.4, -0.2) is 98.8 Å². The van der Waals surface area contributed by atoms with Gasteiger partial charge in [0.2, 0.25) is 0 Å². The minimum Gasteiger partial charge on any atom is -0.480 e. The number of carboxylic acid groups (broad SMARTS) is 3. The van der Waals surface area contributed by atoms with E-state index in [1.54, 1.807) is 0 Å². The Morgan fingerprint density at radius 3 is 1.58 bits per heavy atom. The van der Waals surface area contributed by atoms with Gasteiger partial charge in [-0.05, 0) is 0 Å². The van der Waals surface area contributed by atoms with Gasteiger partial charge in [0, 0.05) is 7.11 Å². The number of carbonyl (C=O) groups is 3. The fourth-order valence-corrected chi connectivity index (χ4v) is 1.46. The van der Waals surface area contributed by atoms with Crippen molar-refractivity contribution in [2.45, 2.75) is 12.2 Å². The van der Waals surface area contributed by atoms with E-state index in [0.29, 0.717) is 0 Å². The molecule has 0 aliphatic carbocycles. The summed E-state index contributed by atoms with van der Waals surface area (Å²) in [6, 6.07) is 0. The van der Waals surface area contributed by atoms with Crippen molar-refractivity contribution in [3.63, 3.8) is 0 Å². The molecule has 2 atom stereocenters. The highest BCUT2D eigenvalue weighted by Crippen LogP contribution is 2.01. The quantitative estimate of drug-likeness (QED) is 0.302. The van der Waals surface area contributed by atoms with E-state index in [2.05, 4.69) is 0 Å². The van der Waals surface area contributed by atoms with Crippen LogP contribution in [-0.2, 0) is 38.1 Å². The highest BCUT2D eigenvalue weighted by atomic mass is 16.6. The van der Waals surface area contributed by atoms with Gasteiger partial charge >= 0.3 is 17.9 Å². The second-order valence-electron chi connectivity index (χ2n) is 4.56. The molecule has 0 rings (SSSR count). The van der Waals surface area contributed by atoms with Crippen LogP contribution in [0.25, 0.3) is 0 Å². The van der Waals surface area contributed by atoms with Crippen LogP contribution in [0.3, 0.4) is 0 Å². The predicted octanol–water partition coefficient (Wildman–Crippen LogP) is -1.31. The lowest BCUT2D eigenvalue weighted by Gasteiger charge is -2.21. The second-order valence-corrected chi connectivity index (χ2v) is 4.56. The third-order valence-corrected chi connectivity index (χ3v) is 2.37. The van der Waals surface area contributed by atoms with Crippen molar-refractivity contribution in [1.29, 1.82) is 0 Å². The van der Waals surface area contributed by atoms with Gasteiger partial charge in [-0.25, -0.2) is 14.4 Å². The van der Waals surface area contributed by atoms with Gasteiger partial charge in [0.15, 0.2) is 0 Å². The summed E-state index contributed by atoms with van der Waals surface area (Å²) in [6.45, 7) is -1.90. The molecule has 0 aromatic rings. The lowest BCUT2D eigenvalue weighted by Crippen LogP contribution is -2.34. The number of methoxy groups -OCH3 is 1. The summed E-state index contributed by atoms with van der Waals surface area (Å²) >= 11 is 0. The molecule has 0 heterocycles. The fourth-order valence-electron chi connectivity index (χ4n) is 1.46. The van der Waals surface area contributed by atoms with Crippen LogP contribution >= 0.6 is 0 Å². The Balaban J connectivity index is 4.33. The van der Waals surface area contributed by atoms with Crippen LogP contribution in [0.5, 0.6) is 0 Å². The number of rotatable bonds is 16. The van der Waals surface area contributed by atoms with Crippen molar-refractivity contribution >= 4 is 17.9 Å². The van der Waals surface area contributed by atoms with E-state index in [1.165, 1.54) is 7.11 Å². The third kappa shape index (κ3) is 13.8. The van der Waals surface area contributed by atoms with Gasteiger partial charge in [0.1, 0.15) is 32.0 Å². The van der Waals surface area contributed by atoms with Crippen molar-refractivity contribution < 1.29 is 53.4 Å². The zero-order valence-corrected chi connectivity index (χ0v) is 13.2. The van der Waals surface area contributed by atoms with Crippen molar-refractivity contribution in [1.82, 2.24) is 0 Å². The van der Waals surface area contributed by atoms with E-state index in [4.69, 9.17) is 39.0 Å². The van der Waals surface area contributed by atoms with Gasteiger partial charge < -0.3 is 39.0 Å². The Kier molecular flexibility index (Phi) is 12.6. The third-order valence-electron chi connectivity index (χ3n) is 2.37. The van der Waals surface area contributed by atoms with Crippen LogP contribution in [0.1, 0.15) is 0 Å². The first-order valence-electron chi connectivity index (χ1n) is 6.88. The number of carboxylic acids is 3. The Labute approximate surface area is 138 Å². The Morgan fingerprint density at radius 2 is 1.17 bits per heavy atom. The summed E-state index contributed by atoms with van der Waals surface area (Å²) in [4.78, 5) is 31.3. The Bertz CT molecular complexity index is 384. The average Bonchev–Trinajstić information content (AvgIpc) is 2.48. The van der Waals surface area contributed by atoms with Crippen LogP contribution in [0.4, 0.5) is 0 Å². The molecule has 140 valence electrons. The van der Waals surface area contributed by atoms with E-state index in [1.807, 2.05) is 0 Å². The molecule has 2 unspecified atom stereocenters. The molecule has 0 bridgehead atoms. The van der Waals surface area contributed by atoms with Crippen molar-refractivity contribution in [3.8, 4) is 0 Å². The van der Waals surface area contributed by atoms with E-state index in [-0.39, 0.29) is 26.4 Å². The summed E-state index contributed by atoms with van der Waals surface area (Å²) in [7, 11) is 1.42. The van der Waals surface area contributed by atoms with Crippen LogP contribution in [0.15, 0.2) is 0 Å². The molecular formula is C13H22O11. The Hall–Kier alpha value is -1.79. The highest BCUT2D eigenvalue weighted by molar-refractivity contribution is 5.68. The van der Waals surface area contributed by atoms with E-state index in [9.17, 15) is 14.4 Å². The fraction of sp³-hybridized carbons (Fsp3) is 0.769. The molecule has 24 heavy (non-hydrogen) atoms. The molecule has 0 saturated heterocycles. The molecule has 0 fully saturated rings. The maximum Gasteiger partial charge on any atom is 0.329 e. The zero-order chi connectivity index (χ0) is 18.4. The van der Waals surface area contributed by atoms with E-state index in [0.717, 1.165) is 0 Å². The predicted molar refractivity (Wildman–Crippen MR) is 75.9 cm³/mol. The van der Waals surface area contributed by atoms with Crippen molar-refractivity contribution in [2.24, 2.45) is 0 Å². The summed E-state index contributed by atoms with van der Waals surface area (Å²) in [6.07, 6.45) is -1.43. The molecule has 0 aliphatic rings. The van der Waals surface area contributed by atoms with Gasteiger partial charge in [-0.1, -0.05) is 0 Å². The number of aliphatic carboxylic acids is 3. The van der Waals surface area contributed by atoms with Crippen molar-refractivity contribution in [3.05, 3.63) is 0 Å². The minimum atomic E-state index is -1.20. The normalized spacial score (nSPS) is 13.4. The molecule has 11 nitrogen and oxygen atoms in total. The first kappa shape index (κ1) is 22.2. The Morgan fingerprint density at radius 1 is 0.708 bits per heavy atom. The lowest BCUT2D eigenvalue weighted by molar-refractivity contribution is -0.155. The summed E-state index contributed by atoms with van der Waals surface area (Å²) < 4.78 is 25.1. The van der Waals surface area contributed by atoms with Gasteiger partial charge in [-0.2, -0.15) is 0 Å². The van der Waals surface area contributed by atoms with E-state index >= 15 is 0 Å². The topological polar surface area (TPSA) is 158 Å². The molecule has 0 aliphatic heterocycles. The largest absolute Gasteiger partial charge is 0.480 e. The van der Waals surface area contributed by atoms with Crippen LogP contribution in [0, 0.1) is 0 Å². The first-order valence-corrected chi connectivity index (χ1v) is 6.88. The molecule has 3 N–H and O–H groups in total. The zero-order valence-electron chi connectivity index (χ0n) is 13.2. The number of ether oxygens (including phenoxy) is 5. The molecule has 0 amide bonds. The van der Waals surface area contributed by atoms with Crippen molar-refractivity contribution in [2.75, 3.05) is 53.4 Å². The monoisotopic (exact) mass is 354 g/mol.